The molecule has 0 aliphatic carbocycles. The van der Waals surface area contributed by atoms with Crippen molar-refractivity contribution in [3.05, 3.63) is 9.39 Å². The molecule has 0 aliphatic rings. The van der Waals surface area contributed by atoms with Crippen molar-refractivity contribution in [1.82, 2.24) is 9.97 Å². The molecular weight excluding hydrogens is 371 g/mol. The first kappa shape index (κ1) is 13.0. The molecule has 0 aromatic carbocycles. The molecule has 0 radical (unpaired) electrons. The highest BCUT2D eigenvalue weighted by Gasteiger charge is 2.37. The average Bonchev–Trinajstić information content (AvgIpc) is 2.47. The Balaban J connectivity index is 3.30. The van der Waals surface area contributed by atoms with E-state index >= 15 is 0 Å². The van der Waals surface area contributed by atoms with Crippen molar-refractivity contribution in [2.24, 2.45) is 0 Å². The molecule has 0 spiro atoms. The fourth-order valence-corrected chi connectivity index (χ4v) is 2.47. The number of nitrogens with one attached hydrogen (secondary N) is 1. The van der Waals surface area contributed by atoms with Gasteiger partial charge in [0.05, 0.1) is 0 Å². The number of halogens is 5. The normalized spacial score (nSPS) is 13.1. The number of hydrogen-bond donors (Lipinski definition) is 1. The number of alkyl halides is 4. The number of aromatic amines is 1. The minimum atomic E-state index is -4.66. The third-order valence-corrected chi connectivity index (χ3v) is 4.07. The molecule has 4 nitrogen and oxygen atoms in total. The Morgan fingerprint density at radius 3 is 2.33 bits per heavy atom. The molecule has 0 unspecified atom stereocenters. The number of nitrogens with zero attached hydrogens (tertiary/aromatic N) is 1. The standard InChI is InChI=1S/C5H3ClF3IN2O2S/c6-1-15(13,14)4-11-2(3(10)12-4)5(7,8)9/h1H2,(H,11,12). The Bertz CT molecular complexity index is 469. The van der Waals surface area contributed by atoms with Gasteiger partial charge in [-0.25, -0.2) is 13.4 Å². The Kier molecular flexibility index (Phi) is 3.55. The van der Waals surface area contributed by atoms with Crippen LogP contribution in [0.5, 0.6) is 0 Å². The minimum absolute atomic E-state index is 0.455. The van der Waals surface area contributed by atoms with Crippen LogP contribution < -0.4 is 0 Å². The van der Waals surface area contributed by atoms with Gasteiger partial charge in [0.25, 0.3) is 0 Å². The predicted octanol–water partition coefficient (Wildman–Crippen LogP) is 2.00. The van der Waals surface area contributed by atoms with Crippen molar-refractivity contribution < 1.29 is 21.6 Å². The molecule has 0 aliphatic heterocycles. The lowest BCUT2D eigenvalue weighted by atomic mass is 10.5. The van der Waals surface area contributed by atoms with Crippen LogP contribution >= 0.6 is 34.2 Å². The highest BCUT2D eigenvalue weighted by molar-refractivity contribution is 14.1. The molecule has 1 rings (SSSR count). The molecule has 0 saturated heterocycles. The molecule has 86 valence electrons. The zero-order valence-corrected chi connectivity index (χ0v) is 10.5. The smallest absolute Gasteiger partial charge is 0.324 e. The third kappa shape index (κ3) is 2.75. The first-order valence-electron chi connectivity index (χ1n) is 3.30. The average molecular weight is 375 g/mol. The Labute approximate surface area is 101 Å². The van der Waals surface area contributed by atoms with Gasteiger partial charge in [-0.1, -0.05) is 0 Å². The maximum atomic E-state index is 12.3. The van der Waals surface area contributed by atoms with E-state index in [1.807, 2.05) is 0 Å². The number of rotatable bonds is 2. The molecular formula is C5H3ClF3IN2O2S. The fraction of sp³-hybridized carbons (Fsp3) is 0.400. The summed E-state index contributed by atoms with van der Waals surface area (Å²) in [6, 6.07) is 0. The SMILES string of the molecule is O=S(=O)(CCl)c1nc(I)c(C(F)(F)F)[nH]1. The van der Waals surface area contributed by atoms with Crippen LogP contribution in [0, 0.1) is 3.70 Å². The molecule has 10 heteroatoms. The first-order chi connectivity index (χ1) is 6.68. The summed E-state index contributed by atoms with van der Waals surface area (Å²) in [7, 11) is -3.97. The predicted molar refractivity (Wildman–Crippen MR) is 54.2 cm³/mol. The van der Waals surface area contributed by atoms with Crippen LogP contribution in [-0.4, -0.2) is 23.6 Å². The lowest BCUT2D eigenvalue weighted by Gasteiger charge is -2.02. The van der Waals surface area contributed by atoms with E-state index in [-0.39, 0.29) is 0 Å². The lowest BCUT2D eigenvalue weighted by molar-refractivity contribution is -0.141. The van der Waals surface area contributed by atoms with Crippen LogP contribution in [0.15, 0.2) is 5.16 Å². The van der Waals surface area contributed by atoms with Gasteiger partial charge in [-0.05, 0) is 22.6 Å². The number of H-pyrrole nitrogens is 1. The summed E-state index contributed by atoms with van der Waals surface area (Å²) in [6.07, 6.45) is -4.66. The topological polar surface area (TPSA) is 62.8 Å². The monoisotopic (exact) mass is 374 g/mol. The molecule has 15 heavy (non-hydrogen) atoms. The zero-order valence-electron chi connectivity index (χ0n) is 6.77. The van der Waals surface area contributed by atoms with E-state index in [9.17, 15) is 21.6 Å². The van der Waals surface area contributed by atoms with Gasteiger partial charge < -0.3 is 4.98 Å². The molecule has 0 bridgehead atoms. The third-order valence-electron chi connectivity index (χ3n) is 1.36. The van der Waals surface area contributed by atoms with Crippen LogP contribution in [-0.2, 0) is 16.0 Å². The first-order valence-corrected chi connectivity index (χ1v) is 6.56. The van der Waals surface area contributed by atoms with Gasteiger partial charge in [-0.3, -0.25) is 0 Å². The van der Waals surface area contributed by atoms with Crippen molar-refractivity contribution in [3.63, 3.8) is 0 Å². The molecule has 1 heterocycles. The van der Waals surface area contributed by atoms with Crippen LogP contribution in [0.3, 0.4) is 0 Å². The lowest BCUT2D eigenvalue weighted by Crippen LogP contribution is -2.08. The van der Waals surface area contributed by atoms with Crippen molar-refractivity contribution in [2.45, 2.75) is 11.3 Å². The van der Waals surface area contributed by atoms with Gasteiger partial charge in [-0.15, -0.1) is 11.6 Å². The van der Waals surface area contributed by atoms with Crippen LogP contribution in [0.1, 0.15) is 5.69 Å². The quantitative estimate of drug-likeness (QED) is 0.636. The van der Waals surface area contributed by atoms with E-state index in [1.54, 1.807) is 4.98 Å². The van der Waals surface area contributed by atoms with Crippen LogP contribution in [0.25, 0.3) is 0 Å². The van der Waals surface area contributed by atoms with Crippen molar-refractivity contribution in [1.29, 1.82) is 0 Å². The summed E-state index contributed by atoms with van der Waals surface area (Å²) in [6.45, 7) is 0. The summed E-state index contributed by atoms with van der Waals surface area (Å²) in [5.41, 5.74) is -1.19. The maximum Gasteiger partial charge on any atom is 0.433 e. The number of imidazole rings is 1. The van der Waals surface area contributed by atoms with Gasteiger partial charge in [-0.2, -0.15) is 13.2 Å². The largest absolute Gasteiger partial charge is 0.433 e. The van der Waals surface area contributed by atoms with E-state index in [0.29, 0.717) is 0 Å². The van der Waals surface area contributed by atoms with Gasteiger partial charge in [0.15, 0.2) is 5.69 Å². The van der Waals surface area contributed by atoms with Gasteiger partial charge in [0.1, 0.15) is 8.91 Å². The Morgan fingerprint density at radius 1 is 1.47 bits per heavy atom. The van der Waals surface area contributed by atoms with Gasteiger partial charge in [0, 0.05) is 0 Å². The summed E-state index contributed by atoms with van der Waals surface area (Å²) < 4.78 is 58.5. The van der Waals surface area contributed by atoms with Crippen LogP contribution in [0.4, 0.5) is 13.2 Å². The van der Waals surface area contributed by atoms with Crippen molar-refractivity contribution >= 4 is 44.0 Å². The summed E-state index contributed by atoms with van der Waals surface area (Å²) in [5.74, 6) is 0. The summed E-state index contributed by atoms with van der Waals surface area (Å²) in [4.78, 5) is 4.95. The Hall–Kier alpha value is -0.0300. The molecule has 1 aromatic rings. The summed E-state index contributed by atoms with van der Waals surface area (Å²) >= 11 is 6.36. The van der Waals surface area contributed by atoms with Gasteiger partial charge >= 0.3 is 6.18 Å². The second kappa shape index (κ2) is 4.09. The van der Waals surface area contributed by atoms with Crippen molar-refractivity contribution in [3.8, 4) is 0 Å². The van der Waals surface area contributed by atoms with E-state index in [1.165, 1.54) is 22.6 Å². The van der Waals surface area contributed by atoms with Crippen molar-refractivity contribution in [2.75, 3.05) is 5.21 Å². The fourth-order valence-electron chi connectivity index (χ4n) is 0.718. The number of hydrogen-bond acceptors (Lipinski definition) is 3. The molecule has 0 fully saturated rings. The zero-order chi connectivity index (χ0) is 11.9. The maximum absolute atomic E-state index is 12.3. The van der Waals surface area contributed by atoms with Crippen LogP contribution in [0.2, 0.25) is 0 Å². The summed E-state index contributed by atoms with van der Waals surface area (Å²) in [5, 5.41) is -1.59. The highest BCUT2D eigenvalue weighted by Crippen LogP contribution is 2.31. The van der Waals surface area contributed by atoms with E-state index < -0.39 is 35.8 Å². The van der Waals surface area contributed by atoms with E-state index in [4.69, 9.17) is 11.6 Å². The number of aromatic nitrogens is 2. The second-order valence-electron chi connectivity index (χ2n) is 2.43. The molecule has 1 aromatic heterocycles. The molecule has 0 saturated carbocycles. The highest BCUT2D eigenvalue weighted by atomic mass is 127. The number of sulfone groups is 1. The Morgan fingerprint density at radius 2 is 2.00 bits per heavy atom. The molecule has 1 N–H and O–H groups in total. The van der Waals surface area contributed by atoms with E-state index in [2.05, 4.69) is 4.98 Å². The minimum Gasteiger partial charge on any atom is -0.324 e. The molecule has 0 atom stereocenters. The second-order valence-corrected chi connectivity index (χ2v) is 5.94. The van der Waals surface area contributed by atoms with Gasteiger partial charge in [0.2, 0.25) is 15.0 Å². The van der Waals surface area contributed by atoms with E-state index in [0.717, 1.165) is 0 Å². The molecule has 0 amide bonds.